The second-order valence-electron chi connectivity index (χ2n) is 10.9. The summed E-state index contributed by atoms with van der Waals surface area (Å²) in [5.41, 5.74) is 0. The predicted octanol–water partition coefficient (Wildman–Crippen LogP) is 9.74. The van der Waals surface area contributed by atoms with Gasteiger partial charge in [0.05, 0.1) is 0 Å². The van der Waals surface area contributed by atoms with Gasteiger partial charge in [-0.1, -0.05) is 0 Å². The zero-order valence-electron chi connectivity index (χ0n) is 21.5. The van der Waals surface area contributed by atoms with E-state index >= 15 is 0 Å². The molecule has 5 heteroatoms. The molecule has 2 nitrogen and oxygen atoms in total. The summed E-state index contributed by atoms with van der Waals surface area (Å²) in [6, 6.07) is 17.1. The summed E-state index contributed by atoms with van der Waals surface area (Å²) in [6.45, 7) is 13.4. The summed E-state index contributed by atoms with van der Waals surface area (Å²) >= 11 is -0.235. The van der Waals surface area contributed by atoms with Gasteiger partial charge in [0.2, 0.25) is 0 Å². The molecular weight excluding hydrogens is 548 g/mol. The first kappa shape index (κ1) is 26.6. The quantitative estimate of drug-likeness (QED) is 0.288. The van der Waals surface area contributed by atoms with Gasteiger partial charge in [0.1, 0.15) is 0 Å². The molecule has 4 rings (SSSR count). The van der Waals surface area contributed by atoms with Gasteiger partial charge < -0.3 is 0 Å². The third kappa shape index (κ3) is 7.31. The first-order valence-electron chi connectivity index (χ1n) is 12.2. The summed E-state index contributed by atoms with van der Waals surface area (Å²) in [7, 11) is 0. The third-order valence-corrected chi connectivity index (χ3v) is 16.8. The molecular formula is C30H36O2S2Zr. The van der Waals surface area contributed by atoms with Crippen LogP contribution < -0.4 is 5.63 Å². The van der Waals surface area contributed by atoms with Gasteiger partial charge in [-0.2, -0.15) is 0 Å². The topological polar surface area (TPSA) is 18.5 Å². The molecule has 35 heavy (non-hydrogen) atoms. The Bertz CT molecular complexity index is 1040. The number of thioether (sulfide) groups is 2. The van der Waals surface area contributed by atoms with E-state index in [1.807, 2.05) is 23.5 Å². The zero-order chi connectivity index (χ0) is 25.1. The van der Waals surface area contributed by atoms with Crippen LogP contribution in [0.1, 0.15) is 41.5 Å². The Labute approximate surface area is 225 Å². The summed E-state index contributed by atoms with van der Waals surface area (Å²) in [6.07, 6.45) is 17.6. The Balaban J connectivity index is 1.74. The summed E-state index contributed by atoms with van der Waals surface area (Å²) < 4.78 is 14.9. The molecule has 0 saturated heterocycles. The van der Waals surface area contributed by atoms with Crippen molar-refractivity contribution in [3.63, 3.8) is 0 Å². The average Bonchev–Trinajstić information content (AvgIpc) is 3.46. The maximum atomic E-state index is 7.13. The van der Waals surface area contributed by atoms with Crippen LogP contribution in [0.5, 0.6) is 11.5 Å². The van der Waals surface area contributed by atoms with Gasteiger partial charge in [-0.3, -0.25) is 0 Å². The molecule has 0 spiro atoms. The van der Waals surface area contributed by atoms with Crippen molar-refractivity contribution in [2.75, 3.05) is 0 Å². The van der Waals surface area contributed by atoms with Crippen LogP contribution in [0, 0.1) is 0 Å². The minimum absolute atomic E-state index is 0.133. The Morgan fingerprint density at radius 2 is 0.971 bits per heavy atom. The maximum absolute atomic E-state index is 7.13. The fourth-order valence-electron chi connectivity index (χ4n) is 4.19. The molecule has 0 radical (unpaired) electrons. The first-order valence-corrected chi connectivity index (χ1v) is 18.7. The van der Waals surface area contributed by atoms with Gasteiger partial charge in [0.25, 0.3) is 0 Å². The van der Waals surface area contributed by atoms with Crippen LogP contribution in [-0.2, 0) is 21.1 Å². The van der Waals surface area contributed by atoms with Crippen LogP contribution >= 0.6 is 23.5 Å². The van der Waals surface area contributed by atoms with Crippen molar-refractivity contribution in [1.82, 2.24) is 0 Å². The SMILES string of the molecule is CC(C)(C)Sc1cccc([O][Zr]([O]c2cccc(SC(C)(C)C)c2)([CH]2C=CC=C2)[CH]2C=CC=C2)c1. The molecule has 2 aliphatic carbocycles. The standard InChI is InChI=1S/2C10H14OS.2C5H5.Zr/c2*1-10(2,3)12-9-6-4-5-8(11)7-9;2*1-2-4-5-3-1;/h2*4-7,11H,1-3H3;2*1-5H;/q;;;;+2/p-2. The van der Waals surface area contributed by atoms with Crippen molar-refractivity contribution in [3.05, 3.63) is 97.1 Å². The molecule has 0 N–H and O–H groups in total. The van der Waals surface area contributed by atoms with Crippen molar-refractivity contribution in [2.24, 2.45) is 0 Å². The molecule has 0 aliphatic heterocycles. The van der Waals surface area contributed by atoms with E-state index in [0.29, 0.717) is 0 Å². The van der Waals surface area contributed by atoms with E-state index < -0.39 is 21.1 Å². The van der Waals surface area contributed by atoms with E-state index in [2.05, 4.69) is 139 Å². The molecule has 0 unspecified atom stereocenters. The second-order valence-corrected chi connectivity index (χ2v) is 22.5. The van der Waals surface area contributed by atoms with Gasteiger partial charge in [0.15, 0.2) is 0 Å². The van der Waals surface area contributed by atoms with Crippen LogP contribution in [0.2, 0.25) is 7.25 Å². The van der Waals surface area contributed by atoms with E-state index in [9.17, 15) is 0 Å². The van der Waals surface area contributed by atoms with Crippen LogP contribution in [0.4, 0.5) is 0 Å². The van der Waals surface area contributed by atoms with E-state index in [4.69, 9.17) is 5.63 Å². The van der Waals surface area contributed by atoms with Gasteiger partial charge >= 0.3 is 227 Å². The van der Waals surface area contributed by atoms with Crippen molar-refractivity contribution in [2.45, 2.75) is 68.1 Å². The number of allylic oxidation sites excluding steroid dienone is 8. The van der Waals surface area contributed by atoms with Crippen LogP contribution in [-0.4, -0.2) is 9.49 Å². The van der Waals surface area contributed by atoms with Gasteiger partial charge in [-0.25, -0.2) is 0 Å². The molecule has 0 heterocycles. The Morgan fingerprint density at radius 1 is 0.600 bits per heavy atom. The molecule has 184 valence electrons. The minimum atomic E-state index is -3.96. The molecule has 0 aromatic heterocycles. The third-order valence-electron chi connectivity index (χ3n) is 5.44. The van der Waals surface area contributed by atoms with E-state index in [-0.39, 0.29) is 16.7 Å². The van der Waals surface area contributed by atoms with E-state index in [1.54, 1.807) is 0 Å². The molecule has 2 aromatic rings. The number of hydrogen-bond donors (Lipinski definition) is 0. The van der Waals surface area contributed by atoms with Crippen LogP contribution in [0.25, 0.3) is 0 Å². The zero-order valence-corrected chi connectivity index (χ0v) is 25.6. The monoisotopic (exact) mass is 582 g/mol. The Morgan fingerprint density at radius 3 is 1.31 bits per heavy atom. The normalized spacial score (nSPS) is 16.4. The average molecular weight is 584 g/mol. The van der Waals surface area contributed by atoms with Crippen molar-refractivity contribution >= 4 is 23.5 Å². The van der Waals surface area contributed by atoms with Crippen molar-refractivity contribution < 1.29 is 26.8 Å². The van der Waals surface area contributed by atoms with Gasteiger partial charge in [0, 0.05) is 0 Å². The fraction of sp³-hybridized carbons (Fsp3) is 0.333. The molecule has 2 aromatic carbocycles. The van der Waals surface area contributed by atoms with Crippen LogP contribution in [0.15, 0.2) is 107 Å². The number of rotatable bonds is 8. The molecule has 2 aliphatic rings. The Hall–Kier alpha value is -1.42. The number of benzene rings is 2. The predicted molar refractivity (Wildman–Crippen MR) is 149 cm³/mol. The molecule has 0 amide bonds. The molecule has 0 saturated carbocycles. The summed E-state index contributed by atoms with van der Waals surface area (Å²) in [5, 5.41) is 0. The van der Waals surface area contributed by atoms with Gasteiger partial charge in [-0.15, -0.1) is 0 Å². The van der Waals surface area contributed by atoms with Crippen molar-refractivity contribution in [3.8, 4) is 11.5 Å². The number of hydrogen-bond acceptors (Lipinski definition) is 4. The molecule has 0 atom stereocenters. The van der Waals surface area contributed by atoms with E-state index in [1.165, 1.54) is 9.79 Å². The molecule has 0 fully saturated rings. The summed E-state index contributed by atoms with van der Waals surface area (Å²) in [4.78, 5) is 2.43. The van der Waals surface area contributed by atoms with E-state index in [0.717, 1.165) is 11.5 Å². The Kier molecular flexibility index (Phi) is 8.30. The van der Waals surface area contributed by atoms with Crippen molar-refractivity contribution in [1.29, 1.82) is 0 Å². The summed E-state index contributed by atoms with van der Waals surface area (Å²) in [5.74, 6) is 1.80. The molecule has 0 bridgehead atoms. The first-order chi connectivity index (χ1) is 16.5. The fourth-order valence-corrected chi connectivity index (χ4v) is 14.9. The van der Waals surface area contributed by atoms with Gasteiger partial charge in [-0.05, 0) is 0 Å². The van der Waals surface area contributed by atoms with Crippen LogP contribution in [0.3, 0.4) is 0 Å². The second kappa shape index (κ2) is 10.9.